The Bertz CT molecular complexity index is 681. The van der Waals surface area contributed by atoms with Gasteiger partial charge in [-0.1, -0.05) is 0 Å². The second kappa shape index (κ2) is 6.35. The van der Waals surface area contributed by atoms with Crippen molar-refractivity contribution < 1.29 is 18.8 Å². The first-order chi connectivity index (χ1) is 10.5. The third-order valence-electron chi connectivity index (χ3n) is 3.69. The van der Waals surface area contributed by atoms with Crippen molar-refractivity contribution in [2.24, 2.45) is 0 Å². The van der Waals surface area contributed by atoms with Gasteiger partial charge in [-0.05, 0) is 31.0 Å². The van der Waals surface area contributed by atoms with Crippen LogP contribution in [0.2, 0.25) is 0 Å². The van der Waals surface area contributed by atoms with Crippen molar-refractivity contribution in [1.29, 1.82) is 5.26 Å². The van der Waals surface area contributed by atoms with E-state index in [2.05, 4.69) is 0 Å². The summed E-state index contributed by atoms with van der Waals surface area (Å²) in [7, 11) is 0. The van der Waals surface area contributed by atoms with E-state index in [1.54, 1.807) is 13.0 Å². The summed E-state index contributed by atoms with van der Waals surface area (Å²) in [5.41, 5.74) is 0.763. The summed E-state index contributed by atoms with van der Waals surface area (Å²) >= 11 is 0. The number of carbonyl (C=O) groups excluding carboxylic acids is 3. The van der Waals surface area contributed by atoms with Gasteiger partial charge in [-0.2, -0.15) is 5.26 Å². The van der Waals surface area contributed by atoms with Crippen LogP contribution in [-0.2, 0) is 16.1 Å². The molecule has 114 valence electrons. The molecule has 1 N–H and O–H groups in total. The minimum absolute atomic E-state index is 0.0913. The summed E-state index contributed by atoms with van der Waals surface area (Å²) in [5, 5.41) is 10.9. The van der Waals surface area contributed by atoms with E-state index in [4.69, 9.17) is 5.26 Å². The number of amides is 3. The zero-order valence-electron chi connectivity index (χ0n) is 11.9. The van der Waals surface area contributed by atoms with Crippen LogP contribution in [0.4, 0.5) is 4.39 Å². The van der Waals surface area contributed by atoms with Crippen LogP contribution in [0, 0.1) is 17.1 Å². The Kier molecular flexibility index (Phi) is 4.51. The average Bonchev–Trinajstić information content (AvgIpc) is 2.81. The van der Waals surface area contributed by atoms with Gasteiger partial charge in [0.1, 0.15) is 11.9 Å². The molecule has 0 fully saturated rings. The predicted molar refractivity (Wildman–Crippen MR) is 73.9 cm³/mol. The van der Waals surface area contributed by atoms with E-state index in [0.29, 0.717) is 18.4 Å². The SMILES string of the molecule is CC(CCC(=O)NC=O)N1Cc2cc(C#N)c(F)cc2C1=O. The molecule has 2 rings (SSSR count). The van der Waals surface area contributed by atoms with Crippen LogP contribution >= 0.6 is 0 Å². The third kappa shape index (κ3) is 2.96. The van der Waals surface area contributed by atoms with E-state index in [1.165, 1.54) is 11.0 Å². The molecule has 1 aliphatic heterocycles. The molecule has 1 atom stereocenters. The van der Waals surface area contributed by atoms with Gasteiger partial charge >= 0.3 is 0 Å². The van der Waals surface area contributed by atoms with Crippen LogP contribution in [0.15, 0.2) is 12.1 Å². The van der Waals surface area contributed by atoms with Crippen LogP contribution in [0.5, 0.6) is 0 Å². The second-order valence-corrected chi connectivity index (χ2v) is 5.11. The highest BCUT2D eigenvalue weighted by atomic mass is 19.1. The molecule has 3 amide bonds. The van der Waals surface area contributed by atoms with Crippen LogP contribution in [0.1, 0.15) is 41.3 Å². The lowest BCUT2D eigenvalue weighted by atomic mass is 10.1. The van der Waals surface area contributed by atoms with Crippen molar-refractivity contribution in [3.8, 4) is 6.07 Å². The zero-order valence-corrected chi connectivity index (χ0v) is 11.9. The number of nitrogens with one attached hydrogen (secondary N) is 1. The Hall–Kier alpha value is -2.75. The van der Waals surface area contributed by atoms with Crippen molar-refractivity contribution in [3.05, 3.63) is 34.6 Å². The van der Waals surface area contributed by atoms with E-state index in [9.17, 15) is 18.8 Å². The fourth-order valence-electron chi connectivity index (χ4n) is 2.43. The normalized spacial score (nSPS) is 14.2. The molecule has 1 heterocycles. The van der Waals surface area contributed by atoms with Crippen LogP contribution < -0.4 is 5.32 Å². The van der Waals surface area contributed by atoms with Gasteiger partial charge in [0.15, 0.2) is 0 Å². The number of hydrogen-bond donors (Lipinski definition) is 1. The summed E-state index contributed by atoms with van der Waals surface area (Å²) in [6.07, 6.45) is 0.806. The van der Waals surface area contributed by atoms with Crippen LogP contribution in [0.3, 0.4) is 0 Å². The average molecular weight is 303 g/mol. The Morgan fingerprint density at radius 1 is 1.59 bits per heavy atom. The molecule has 0 saturated carbocycles. The molecule has 1 unspecified atom stereocenters. The number of rotatable bonds is 5. The Morgan fingerprint density at radius 2 is 2.32 bits per heavy atom. The van der Waals surface area contributed by atoms with Crippen LogP contribution in [0.25, 0.3) is 0 Å². The van der Waals surface area contributed by atoms with Gasteiger partial charge in [-0.3, -0.25) is 19.7 Å². The third-order valence-corrected chi connectivity index (χ3v) is 3.69. The summed E-state index contributed by atoms with van der Waals surface area (Å²) in [4.78, 5) is 35.2. The van der Waals surface area contributed by atoms with Gasteiger partial charge in [0.2, 0.25) is 12.3 Å². The summed E-state index contributed by atoms with van der Waals surface area (Å²) in [6.45, 7) is 2.05. The molecule has 0 saturated heterocycles. The molecule has 1 aliphatic rings. The maximum absolute atomic E-state index is 13.6. The molecule has 1 aromatic carbocycles. The number of hydrogen-bond acceptors (Lipinski definition) is 4. The fraction of sp³-hybridized carbons (Fsp3) is 0.333. The lowest BCUT2D eigenvalue weighted by Crippen LogP contribution is -2.34. The lowest BCUT2D eigenvalue weighted by molar-refractivity contribution is -0.125. The zero-order chi connectivity index (χ0) is 16.3. The minimum Gasteiger partial charge on any atom is -0.332 e. The van der Waals surface area contributed by atoms with Gasteiger partial charge in [-0.15, -0.1) is 0 Å². The minimum atomic E-state index is -0.713. The monoisotopic (exact) mass is 303 g/mol. The molecule has 0 aliphatic carbocycles. The van der Waals surface area contributed by atoms with E-state index >= 15 is 0 Å². The maximum atomic E-state index is 13.6. The Balaban J connectivity index is 2.09. The maximum Gasteiger partial charge on any atom is 0.254 e. The smallest absolute Gasteiger partial charge is 0.254 e. The summed E-state index contributed by atoms with van der Waals surface area (Å²) in [6, 6.07) is 3.97. The van der Waals surface area contributed by atoms with Crippen molar-refractivity contribution in [2.75, 3.05) is 0 Å². The van der Waals surface area contributed by atoms with Gasteiger partial charge in [-0.25, -0.2) is 4.39 Å². The molecule has 22 heavy (non-hydrogen) atoms. The number of imide groups is 1. The highest BCUT2D eigenvalue weighted by Crippen LogP contribution is 2.28. The predicted octanol–water partition coefficient (Wildman–Crippen LogP) is 1.09. The van der Waals surface area contributed by atoms with E-state index < -0.39 is 11.7 Å². The fourth-order valence-corrected chi connectivity index (χ4v) is 2.43. The lowest BCUT2D eigenvalue weighted by Gasteiger charge is -2.23. The first-order valence-corrected chi connectivity index (χ1v) is 6.74. The Labute approximate surface area is 126 Å². The molecular weight excluding hydrogens is 289 g/mol. The van der Waals surface area contributed by atoms with Crippen molar-refractivity contribution in [1.82, 2.24) is 10.2 Å². The van der Waals surface area contributed by atoms with E-state index in [-0.39, 0.29) is 36.0 Å². The molecule has 1 aromatic rings. The molecule has 0 radical (unpaired) electrons. The number of nitriles is 1. The molecule has 0 bridgehead atoms. The first-order valence-electron chi connectivity index (χ1n) is 6.74. The first kappa shape index (κ1) is 15.6. The summed E-state index contributed by atoms with van der Waals surface area (Å²) in [5.74, 6) is -1.44. The molecule has 7 heteroatoms. The second-order valence-electron chi connectivity index (χ2n) is 5.11. The summed E-state index contributed by atoms with van der Waals surface area (Å²) < 4.78 is 13.6. The molecule has 0 aromatic heterocycles. The van der Waals surface area contributed by atoms with Gasteiger partial charge in [0.05, 0.1) is 5.56 Å². The van der Waals surface area contributed by atoms with E-state index in [1.807, 2.05) is 5.32 Å². The number of carbonyl (C=O) groups is 3. The van der Waals surface area contributed by atoms with Gasteiger partial charge in [0, 0.05) is 24.6 Å². The van der Waals surface area contributed by atoms with Crippen molar-refractivity contribution in [3.63, 3.8) is 0 Å². The van der Waals surface area contributed by atoms with Crippen LogP contribution in [-0.4, -0.2) is 29.2 Å². The van der Waals surface area contributed by atoms with Crippen molar-refractivity contribution >= 4 is 18.2 Å². The largest absolute Gasteiger partial charge is 0.332 e. The number of halogens is 1. The number of nitrogens with zero attached hydrogens (tertiary/aromatic N) is 2. The highest BCUT2D eigenvalue weighted by Gasteiger charge is 2.32. The van der Waals surface area contributed by atoms with Gasteiger partial charge in [0.25, 0.3) is 5.91 Å². The standard InChI is InChI=1S/C15H14FN3O3/c1-9(2-3-14(21)18-8-20)19-7-11-4-10(6-17)13(16)5-12(11)15(19)22/h4-5,8-9H,2-3,7H2,1H3,(H,18,20,21). The van der Waals surface area contributed by atoms with Crippen molar-refractivity contribution in [2.45, 2.75) is 32.4 Å². The van der Waals surface area contributed by atoms with Gasteiger partial charge < -0.3 is 4.90 Å². The Morgan fingerprint density at radius 3 is 2.95 bits per heavy atom. The molecular formula is C15H14FN3O3. The van der Waals surface area contributed by atoms with E-state index in [0.717, 1.165) is 6.07 Å². The number of fused-ring (bicyclic) bond motifs is 1. The molecule has 0 spiro atoms. The molecule has 6 nitrogen and oxygen atoms in total. The topological polar surface area (TPSA) is 90.3 Å². The quantitative estimate of drug-likeness (QED) is 0.825. The highest BCUT2D eigenvalue weighted by molar-refractivity contribution is 5.98. The number of benzene rings is 1.